The van der Waals surface area contributed by atoms with Crippen molar-refractivity contribution in [2.24, 2.45) is 0 Å². The van der Waals surface area contributed by atoms with Gasteiger partial charge in [-0.3, -0.25) is 0 Å². The average molecular weight is 301 g/mol. The summed E-state index contributed by atoms with van der Waals surface area (Å²) in [7, 11) is 0. The summed E-state index contributed by atoms with van der Waals surface area (Å²) in [6.45, 7) is 0. The van der Waals surface area contributed by atoms with Gasteiger partial charge in [-0.05, 0) is 48.8 Å². The maximum atomic E-state index is 13.5. The van der Waals surface area contributed by atoms with Crippen LogP contribution in [0.4, 0.5) is 8.78 Å². The van der Waals surface area contributed by atoms with Crippen LogP contribution < -0.4 is 0 Å². The van der Waals surface area contributed by atoms with E-state index < -0.39 is 11.6 Å². The Kier molecular flexibility index (Phi) is 5.34. The number of hydrogen-bond donors (Lipinski definition) is 0. The zero-order valence-corrected chi connectivity index (χ0v) is 12.0. The van der Waals surface area contributed by atoms with E-state index in [9.17, 15) is 8.78 Å². The fourth-order valence-corrected chi connectivity index (χ4v) is 3.07. The van der Waals surface area contributed by atoms with Crippen LogP contribution in [0.2, 0.25) is 0 Å². The molecule has 1 unspecified atom stereocenters. The van der Waals surface area contributed by atoms with Crippen molar-refractivity contribution in [1.82, 2.24) is 0 Å². The first kappa shape index (κ1) is 14.5. The highest BCUT2D eigenvalue weighted by atomic mass is 35.5. The van der Waals surface area contributed by atoms with E-state index in [0.29, 0.717) is 12.0 Å². The van der Waals surface area contributed by atoms with Gasteiger partial charge in [-0.15, -0.1) is 22.9 Å². The number of alkyl halides is 1. The van der Waals surface area contributed by atoms with Crippen molar-refractivity contribution in [2.75, 3.05) is 0 Å². The maximum absolute atomic E-state index is 13.5. The van der Waals surface area contributed by atoms with Gasteiger partial charge in [0.05, 0.1) is 0 Å². The van der Waals surface area contributed by atoms with E-state index in [0.717, 1.165) is 25.3 Å². The van der Waals surface area contributed by atoms with Crippen molar-refractivity contribution in [3.05, 3.63) is 57.8 Å². The number of thiophene rings is 1. The molecule has 0 bridgehead atoms. The minimum absolute atomic E-state index is 0.156. The lowest BCUT2D eigenvalue weighted by atomic mass is 10.0. The molecule has 4 heteroatoms. The lowest BCUT2D eigenvalue weighted by Crippen LogP contribution is -2.06. The molecule has 0 nitrogen and oxygen atoms in total. The molecule has 0 aliphatic carbocycles. The number of hydrogen-bond acceptors (Lipinski definition) is 1. The number of aryl methyl sites for hydroxylation is 1. The summed E-state index contributed by atoms with van der Waals surface area (Å²) in [5.41, 5.74) is 0.358. The molecule has 0 aliphatic rings. The van der Waals surface area contributed by atoms with Crippen LogP contribution in [0.3, 0.4) is 0 Å². The fourth-order valence-electron chi connectivity index (χ4n) is 2.00. The molecule has 1 aromatic heterocycles. The Morgan fingerprint density at radius 2 is 2.00 bits per heavy atom. The smallest absolute Gasteiger partial charge is 0.162 e. The summed E-state index contributed by atoms with van der Waals surface area (Å²) in [5.74, 6) is -1.58. The van der Waals surface area contributed by atoms with Crippen LogP contribution in [0.15, 0.2) is 35.7 Å². The van der Waals surface area contributed by atoms with Gasteiger partial charge in [0, 0.05) is 10.3 Å². The van der Waals surface area contributed by atoms with Crippen LogP contribution >= 0.6 is 22.9 Å². The third kappa shape index (κ3) is 4.29. The van der Waals surface area contributed by atoms with Crippen LogP contribution in [-0.2, 0) is 12.8 Å². The second-order valence-electron chi connectivity index (χ2n) is 4.49. The quantitative estimate of drug-likeness (QED) is 0.643. The molecule has 0 saturated heterocycles. The van der Waals surface area contributed by atoms with Crippen LogP contribution in [0, 0.1) is 11.6 Å². The molecule has 102 valence electrons. The van der Waals surface area contributed by atoms with E-state index in [4.69, 9.17) is 11.6 Å². The van der Waals surface area contributed by atoms with E-state index in [-0.39, 0.29) is 5.38 Å². The highest BCUT2D eigenvalue weighted by Gasteiger charge is 2.12. The van der Waals surface area contributed by atoms with Gasteiger partial charge in [0.2, 0.25) is 0 Å². The molecule has 2 aromatic rings. The second-order valence-corrected chi connectivity index (χ2v) is 6.14. The van der Waals surface area contributed by atoms with E-state index in [2.05, 4.69) is 11.4 Å². The monoisotopic (exact) mass is 300 g/mol. The van der Waals surface area contributed by atoms with Gasteiger partial charge in [-0.25, -0.2) is 8.78 Å². The summed E-state index contributed by atoms with van der Waals surface area (Å²) in [4.78, 5) is 1.33. The van der Waals surface area contributed by atoms with E-state index in [1.807, 2.05) is 6.07 Å². The predicted molar refractivity (Wildman–Crippen MR) is 77.0 cm³/mol. The Morgan fingerprint density at radius 3 is 2.74 bits per heavy atom. The first-order valence-corrected chi connectivity index (χ1v) is 7.58. The van der Waals surface area contributed by atoms with Gasteiger partial charge in [0.15, 0.2) is 11.6 Å². The first-order chi connectivity index (χ1) is 9.16. The van der Waals surface area contributed by atoms with Crippen molar-refractivity contribution in [3.8, 4) is 0 Å². The molecule has 0 saturated carbocycles. The molecule has 1 aromatic carbocycles. The molecule has 1 atom stereocenters. The largest absolute Gasteiger partial charge is 0.204 e. The summed E-state index contributed by atoms with van der Waals surface area (Å²) >= 11 is 7.92. The molecule has 0 N–H and O–H groups in total. The molecule has 19 heavy (non-hydrogen) atoms. The molecule has 2 rings (SSSR count). The third-order valence-electron chi connectivity index (χ3n) is 2.99. The summed E-state index contributed by atoms with van der Waals surface area (Å²) in [6, 6.07) is 8.36. The summed E-state index contributed by atoms with van der Waals surface area (Å²) in [5, 5.41) is 1.89. The number of rotatable bonds is 6. The van der Waals surface area contributed by atoms with Crippen molar-refractivity contribution in [3.63, 3.8) is 0 Å². The number of halogens is 3. The lowest BCUT2D eigenvalue weighted by molar-refractivity contribution is 0.496. The Labute approximate surface area is 121 Å². The van der Waals surface area contributed by atoms with Crippen LogP contribution in [0.1, 0.15) is 23.3 Å². The lowest BCUT2D eigenvalue weighted by Gasteiger charge is -2.10. The zero-order chi connectivity index (χ0) is 13.7. The Bertz CT molecular complexity index is 511. The standard InChI is InChI=1S/C15H15ClF2S/c16-12(5-2-6-13-7-3-9-19-13)10-11-4-1-8-14(17)15(11)18/h1,3-4,7-9,12H,2,5-6,10H2. The van der Waals surface area contributed by atoms with Gasteiger partial charge < -0.3 is 0 Å². The molecule has 0 amide bonds. The summed E-state index contributed by atoms with van der Waals surface area (Å²) < 4.78 is 26.5. The second kappa shape index (κ2) is 7.01. The maximum Gasteiger partial charge on any atom is 0.162 e. The van der Waals surface area contributed by atoms with Crippen LogP contribution in [0.5, 0.6) is 0 Å². The normalized spacial score (nSPS) is 12.6. The Balaban J connectivity index is 1.80. The predicted octanol–water partition coefficient (Wildman–Crippen LogP) is 5.20. The highest BCUT2D eigenvalue weighted by molar-refractivity contribution is 7.09. The molecule has 0 spiro atoms. The highest BCUT2D eigenvalue weighted by Crippen LogP contribution is 2.20. The van der Waals surface area contributed by atoms with Crippen molar-refractivity contribution in [2.45, 2.75) is 31.1 Å². The fraction of sp³-hybridized carbons (Fsp3) is 0.333. The Morgan fingerprint density at radius 1 is 1.16 bits per heavy atom. The molecular formula is C15H15ClF2S. The van der Waals surface area contributed by atoms with Crippen molar-refractivity contribution < 1.29 is 8.78 Å². The summed E-state index contributed by atoms with van der Waals surface area (Å²) in [6.07, 6.45) is 3.13. The van der Waals surface area contributed by atoms with E-state index >= 15 is 0 Å². The van der Waals surface area contributed by atoms with Gasteiger partial charge in [0.1, 0.15) is 0 Å². The van der Waals surface area contributed by atoms with Crippen molar-refractivity contribution in [1.29, 1.82) is 0 Å². The Hall–Kier alpha value is -0.930. The molecule has 0 radical (unpaired) electrons. The van der Waals surface area contributed by atoms with Crippen LogP contribution in [-0.4, -0.2) is 5.38 Å². The van der Waals surface area contributed by atoms with Crippen LogP contribution in [0.25, 0.3) is 0 Å². The molecular weight excluding hydrogens is 286 g/mol. The average Bonchev–Trinajstić information content (AvgIpc) is 2.88. The van der Waals surface area contributed by atoms with E-state index in [1.165, 1.54) is 10.9 Å². The van der Waals surface area contributed by atoms with E-state index in [1.54, 1.807) is 17.4 Å². The zero-order valence-electron chi connectivity index (χ0n) is 10.4. The first-order valence-electron chi connectivity index (χ1n) is 6.26. The minimum atomic E-state index is -0.806. The van der Waals surface area contributed by atoms with Gasteiger partial charge in [0.25, 0.3) is 0 Å². The molecule has 0 fully saturated rings. The molecule has 1 heterocycles. The molecule has 0 aliphatic heterocycles. The SMILES string of the molecule is Fc1cccc(CC(Cl)CCCc2cccs2)c1F. The van der Waals surface area contributed by atoms with Crippen molar-refractivity contribution >= 4 is 22.9 Å². The van der Waals surface area contributed by atoms with Gasteiger partial charge in [-0.1, -0.05) is 18.2 Å². The number of benzene rings is 1. The third-order valence-corrected chi connectivity index (χ3v) is 4.30. The minimum Gasteiger partial charge on any atom is -0.204 e. The van der Waals surface area contributed by atoms with Gasteiger partial charge >= 0.3 is 0 Å². The topological polar surface area (TPSA) is 0 Å². The van der Waals surface area contributed by atoms with Gasteiger partial charge in [-0.2, -0.15) is 0 Å².